The minimum absolute atomic E-state index is 0.420. The second kappa shape index (κ2) is 5.69. The van der Waals surface area contributed by atoms with E-state index in [-0.39, 0.29) is 0 Å². The van der Waals surface area contributed by atoms with Gasteiger partial charge in [-0.3, -0.25) is 0 Å². The van der Waals surface area contributed by atoms with Gasteiger partial charge in [-0.15, -0.1) is 11.6 Å². The Morgan fingerprint density at radius 1 is 0.900 bits per heavy atom. The molecular formula is C16H11Cl3O. The molecule has 0 saturated carbocycles. The SMILES string of the molecule is ClCCOc1c2cccc(Cl)c2cc2cccc(Cl)c12. The van der Waals surface area contributed by atoms with Crippen LogP contribution < -0.4 is 4.74 Å². The van der Waals surface area contributed by atoms with Gasteiger partial charge >= 0.3 is 0 Å². The molecule has 0 N–H and O–H groups in total. The van der Waals surface area contributed by atoms with E-state index in [0.29, 0.717) is 22.5 Å². The highest BCUT2D eigenvalue weighted by molar-refractivity contribution is 6.39. The monoisotopic (exact) mass is 324 g/mol. The first-order valence-electron chi connectivity index (χ1n) is 6.20. The summed E-state index contributed by atoms with van der Waals surface area (Å²) in [4.78, 5) is 0. The molecule has 3 aromatic rings. The summed E-state index contributed by atoms with van der Waals surface area (Å²) >= 11 is 18.4. The van der Waals surface area contributed by atoms with E-state index in [2.05, 4.69) is 0 Å². The highest BCUT2D eigenvalue weighted by Gasteiger charge is 2.13. The lowest BCUT2D eigenvalue weighted by Gasteiger charge is -2.14. The molecule has 0 aliphatic heterocycles. The maximum absolute atomic E-state index is 6.34. The van der Waals surface area contributed by atoms with Crippen molar-refractivity contribution in [2.24, 2.45) is 0 Å². The van der Waals surface area contributed by atoms with E-state index < -0.39 is 0 Å². The Kier molecular flexibility index (Phi) is 3.93. The van der Waals surface area contributed by atoms with Crippen molar-refractivity contribution >= 4 is 56.3 Å². The smallest absolute Gasteiger partial charge is 0.136 e. The molecular weight excluding hydrogens is 315 g/mol. The highest BCUT2D eigenvalue weighted by Crippen LogP contribution is 2.40. The molecule has 0 heterocycles. The summed E-state index contributed by atoms with van der Waals surface area (Å²) < 4.78 is 5.84. The number of rotatable bonds is 3. The standard InChI is InChI=1S/C16H11Cl3O/c17-7-8-20-16-11-4-2-5-13(18)12(11)9-10-3-1-6-14(19)15(10)16/h1-6,9H,7-8H2. The number of halogens is 3. The van der Waals surface area contributed by atoms with Crippen molar-refractivity contribution in [1.82, 2.24) is 0 Å². The molecule has 3 rings (SSSR count). The normalized spacial score (nSPS) is 11.2. The number of hydrogen-bond donors (Lipinski definition) is 0. The first-order valence-corrected chi connectivity index (χ1v) is 7.49. The Bertz CT molecular complexity index is 783. The third kappa shape index (κ3) is 2.31. The topological polar surface area (TPSA) is 9.23 Å². The van der Waals surface area contributed by atoms with E-state index >= 15 is 0 Å². The van der Waals surface area contributed by atoms with Crippen molar-refractivity contribution in [2.75, 3.05) is 12.5 Å². The van der Waals surface area contributed by atoms with Gasteiger partial charge in [-0.1, -0.05) is 47.5 Å². The Morgan fingerprint density at radius 3 is 2.45 bits per heavy atom. The average molecular weight is 326 g/mol. The average Bonchev–Trinajstić information content (AvgIpc) is 2.45. The van der Waals surface area contributed by atoms with Gasteiger partial charge in [0, 0.05) is 21.2 Å². The molecule has 3 aromatic carbocycles. The van der Waals surface area contributed by atoms with Gasteiger partial charge in [-0.2, -0.15) is 0 Å². The van der Waals surface area contributed by atoms with Crippen LogP contribution in [0.4, 0.5) is 0 Å². The second-order valence-electron chi connectivity index (χ2n) is 4.42. The zero-order valence-corrected chi connectivity index (χ0v) is 12.8. The van der Waals surface area contributed by atoms with Gasteiger partial charge in [0.25, 0.3) is 0 Å². The summed E-state index contributed by atoms with van der Waals surface area (Å²) in [7, 11) is 0. The lowest BCUT2D eigenvalue weighted by molar-refractivity contribution is 0.351. The van der Waals surface area contributed by atoms with Crippen molar-refractivity contribution in [1.29, 1.82) is 0 Å². The molecule has 20 heavy (non-hydrogen) atoms. The maximum Gasteiger partial charge on any atom is 0.136 e. The van der Waals surface area contributed by atoms with E-state index in [0.717, 1.165) is 27.3 Å². The van der Waals surface area contributed by atoms with E-state index in [4.69, 9.17) is 39.5 Å². The van der Waals surface area contributed by atoms with E-state index in [1.54, 1.807) is 0 Å². The molecule has 0 fully saturated rings. The van der Waals surface area contributed by atoms with Gasteiger partial charge in [0.2, 0.25) is 0 Å². The van der Waals surface area contributed by atoms with Crippen LogP contribution in [0, 0.1) is 0 Å². The zero-order valence-electron chi connectivity index (χ0n) is 10.5. The molecule has 0 radical (unpaired) electrons. The summed E-state index contributed by atoms with van der Waals surface area (Å²) in [6.07, 6.45) is 0. The van der Waals surface area contributed by atoms with E-state index in [1.165, 1.54) is 0 Å². The molecule has 0 amide bonds. The Morgan fingerprint density at radius 2 is 1.65 bits per heavy atom. The fourth-order valence-electron chi connectivity index (χ4n) is 2.36. The molecule has 1 nitrogen and oxygen atoms in total. The molecule has 0 aliphatic carbocycles. The summed E-state index contributed by atoms with van der Waals surface area (Å²) in [6, 6.07) is 13.6. The van der Waals surface area contributed by atoms with Crippen LogP contribution in [-0.2, 0) is 0 Å². The van der Waals surface area contributed by atoms with Crippen LogP contribution in [0.1, 0.15) is 0 Å². The predicted octanol–water partition coefficient (Wildman–Crippen LogP) is 5.92. The minimum atomic E-state index is 0.420. The quantitative estimate of drug-likeness (QED) is 0.429. The number of fused-ring (bicyclic) bond motifs is 2. The summed E-state index contributed by atoms with van der Waals surface area (Å²) in [6.45, 7) is 0.424. The molecule has 0 spiro atoms. The Hall–Kier alpha value is -1.15. The third-order valence-electron chi connectivity index (χ3n) is 3.19. The molecule has 0 aliphatic rings. The molecule has 0 atom stereocenters. The second-order valence-corrected chi connectivity index (χ2v) is 5.61. The van der Waals surface area contributed by atoms with Crippen LogP contribution in [0.15, 0.2) is 42.5 Å². The van der Waals surface area contributed by atoms with Gasteiger partial charge < -0.3 is 4.74 Å². The number of hydrogen-bond acceptors (Lipinski definition) is 1. The van der Waals surface area contributed by atoms with E-state index in [9.17, 15) is 0 Å². The van der Waals surface area contributed by atoms with Gasteiger partial charge in [-0.05, 0) is 23.6 Å². The van der Waals surface area contributed by atoms with Crippen LogP contribution in [0.5, 0.6) is 5.75 Å². The first-order chi connectivity index (χ1) is 9.72. The van der Waals surface area contributed by atoms with Gasteiger partial charge in [-0.25, -0.2) is 0 Å². The van der Waals surface area contributed by atoms with E-state index in [1.807, 2.05) is 42.5 Å². The number of benzene rings is 3. The predicted molar refractivity (Wildman–Crippen MR) is 87.7 cm³/mol. The van der Waals surface area contributed by atoms with Crippen LogP contribution in [0.25, 0.3) is 21.5 Å². The van der Waals surface area contributed by atoms with Crippen molar-refractivity contribution < 1.29 is 4.74 Å². The van der Waals surface area contributed by atoms with Gasteiger partial charge in [0.15, 0.2) is 0 Å². The molecule has 0 saturated heterocycles. The molecule has 0 unspecified atom stereocenters. The fourth-order valence-corrected chi connectivity index (χ4v) is 2.94. The van der Waals surface area contributed by atoms with Gasteiger partial charge in [0.1, 0.15) is 12.4 Å². The number of ether oxygens (including phenoxy) is 1. The lowest BCUT2D eigenvalue weighted by atomic mass is 10.0. The minimum Gasteiger partial charge on any atom is -0.491 e. The van der Waals surface area contributed by atoms with Crippen LogP contribution in [-0.4, -0.2) is 12.5 Å². The zero-order chi connectivity index (χ0) is 14.1. The van der Waals surface area contributed by atoms with Gasteiger partial charge in [0.05, 0.1) is 10.9 Å². The number of alkyl halides is 1. The van der Waals surface area contributed by atoms with Crippen molar-refractivity contribution in [2.45, 2.75) is 0 Å². The van der Waals surface area contributed by atoms with Crippen LogP contribution >= 0.6 is 34.8 Å². The first kappa shape index (κ1) is 13.8. The molecule has 0 bridgehead atoms. The van der Waals surface area contributed by atoms with Crippen LogP contribution in [0.2, 0.25) is 10.0 Å². The largest absolute Gasteiger partial charge is 0.491 e. The van der Waals surface area contributed by atoms with Crippen LogP contribution in [0.3, 0.4) is 0 Å². The summed E-state index contributed by atoms with van der Waals surface area (Å²) in [5.41, 5.74) is 0. The molecule has 102 valence electrons. The molecule has 0 aromatic heterocycles. The maximum atomic E-state index is 6.34. The van der Waals surface area contributed by atoms with Crippen molar-refractivity contribution in [3.63, 3.8) is 0 Å². The summed E-state index contributed by atoms with van der Waals surface area (Å²) in [5.74, 6) is 1.16. The Labute approximate surface area is 132 Å². The lowest BCUT2D eigenvalue weighted by Crippen LogP contribution is -1.99. The van der Waals surface area contributed by atoms with Crippen molar-refractivity contribution in [3.8, 4) is 5.75 Å². The van der Waals surface area contributed by atoms with Crippen molar-refractivity contribution in [3.05, 3.63) is 52.5 Å². The summed E-state index contributed by atoms with van der Waals surface area (Å²) in [5, 5.41) is 5.16. The Balaban J connectivity index is 2.44. The molecule has 4 heteroatoms. The highest BCUT2D eigenvalue weighted by atomic mass is 35.5. The fraction of sp³-hybridized carbons (Fsp3) is 0.125. The third-order valence-corrected chi connectivity index (χ3v) is 3.99.